The van der Waals surface area contributed by atoms with Gasteiger partial charge in [0, 0.05) is 12.0 Å². The molecule has 15 heavy (non-hydrogen) atoms. The highest BCUT2D eigenvalue weighted by Crippen LogP contribution is 2.41. The van der Waals surface area contributed by atoms with Crippen molar-refractivity contribution < 1.29 is 19.7 Å². The van der Waals surface area contributed by atoms with E-state index >= 15 is 0 Å². The lowest BCUT2D eigenvalue weighted by Gasteiger charge is -2.20. The summed E-state index contributed by atoms with van der Waals surface area (Å²) in [5.41, 5.74) is 0.675. The van der Waals surface area contributed by atoms with Gasteiger partial charge in [0.05, 0.1) is 6.10 Å². The third-order valence-corrected chi connectivity index (χ3v) is 2.28. The normalized spacial score (nSPS) is 16.1. The minimum Gasteiger partial charge on any atom is -0.504 e. The van der Waals surface area contributed by atoms with E-state index in [0.29, 0.717) is 36.7 Å². The van der Waals surface area contributed by atoms with Crippen LogP contribution in [0.3, 0.4) is 0 Å². The van der Waals surface area contributed by atoms with Crippen molar-refractivity contribution in [1.29, 1.82) is 0 Å². The van der Waals surface area contributed by atoms with Crippen molar-refractivity contribution >= 4 is 0 Å². The number of phenolic OH excluding ortho intramolecular Hbond substituents is 1. The zero-order chi connectivity index (χ0) is 10.8. The maximum Gasteiger partial charge on any atom is 0.203 e. The number of aromatic hydroxyl groups is 1. The highest BCUT2D eigenvalue weighted by molar-refractivity contribution is 5.55. The zero-order valence-corrected chi connectivity index (χ0v) is 8.56. The van der Waals surface area contributed by atoms with Crippen LogP contribution in [0.2, 0.25) is 0 Å². The number of hydrogen-bond donors (Lipinski definition) is 2. The van der Waals surface area contributed by atoms with Crippen LogP contribution in [0.15, 0.2) is 12.1 Å². The van der Waals surface area contributed by atoms with Gasteiger partial charge in [-0.2, -0.15) is 0 Å². The van der Waals surface area contributed by atoms with E-state index in [0.717, 1.165) is 0 Å². The number of aliphatic hydroxyl groups excluding tert-OH is 1. The second kappa shape index (κ2) is 3.98. The van der Waals surface area contributed by atoms with Crippen LogP contribution < -0.4 is 9.47 Å². The molecule has 1 unspecified atom stereocenters. The standard InChI is InChI=1S/C11H14O4/c1-7(12)6-8-2-3-9-11(10(8)13)15-5-4-14-9/h2-3,7,12-13H,4-6H2,1H3. The first-order valence-electron chi connectivity index (χ1n) is 4.97. The van der Waals surface area contributed by atoms with Crippen LogP contribution in [0.4, 0.5) is 0 Å². The molecule has 1 aromatic carbocycles. The average Bonchev–Trinajstić information content (AvgIpc) is 2.22. The molecule has 82 valence electrons. The number of rotatable bonds is 2. The minimum atomic E-state index is -0.488. The van der Waals surface area contributed by atoms with E-state index in [2.05, 4.69) is 0 Å². The number of ether oxygens (including phenoxy) is 2. The highest BCUT2D eigenvalue weighted by Gasteiger charge is 2.19. The summed E-state index contributed by atoms with van der Waals surface area (Å²) in [5.74, 6) is 1.03. The van der Waals surface area contributed by atoms with Crippen molar-refractivity contribution in [3.05, 3.63) is 17.7 Å². The zero-order valence-electron chi connectivity index (χ0n) is 8.56. The molecule has 1 aliphatic heterocycles. The Labute approximate surface area is 88.1 Å². The molecule has 1 aliphatic rings. The number of fused-ring (bicyclic) bond motifs is 1. The second-order valence-electron chi connectivity index (χ2n) is 3.65. The summed E-state index contributed by atoms with van der Waals surface area (Å²) in [6, 6.07) is 3.50. The number of aliphatic hydroxyl groups is 1. The molecule has 0 aliphatic carbocycles. The Morgan fingerprint density at radius 3 is 2.80 bits per heavy atom. The van der Waals surface area contributed by atoms with Crippen molar-refractivity contribution in [2.24, 2.45) is 0 Å². The Bertz CT molecular complexity index is 360. The molecule has 4 heteroatoms. The molecule has 1 heterocycles. The Hall–Kier alpha value is -1.42. The number of benzene rings is 1. The summed E-state index contributed by atoms with van der Waals surface area (Å²) in [6.45, 7) is 2.62. The fourth-order valence-corrected chi connectivity index (χ4v) is 1.62. The Balaban J connectivity index is 2.34. The lowest BCUT2D eigenvalue weighted by molar-refractivity contribution is 0.163. The molecule has 0 amide bonds. The largest absolute Gasteiger partial charge is 0.504 e. The van der Waals surface area contributed by atoms with Crippen LogP contribution >= 0.6 is 0 Å². The highest BCUT2D eigenvalue weighted by atomic mass is 16.6. The van der Waals surface area contributed by atoms with E-state index in [1.54, 1.807) is 19.1 Å². The summed E-state index contributed by atoms with van der Waals surface area (Å²) in [5, 5.41) is 19.1. The van der Waals surface area contributed by atoms with Crippen LogP contribution in [0.1, 0.15) is 12.5 Å². The quantitative estimate of drug-likeness (QED) is 0.767. The third-order valence-electron chi connectivity index (χ3n) is 2.28. The van der Waals surface area contributed by atoms with E-state index in [-0.39, 0.29) is 5.75 Å². The second-order valence-corrected chi connectivity index (χ2v) is 3.65. The molecular weight excluding hydrogens is 196 g/mol. The maximum atomic E-state index is 9.87. The van der Waals surface area contributed by atoms with Gasteiger partial charge in [-0.15, -0.1) is 0 Å². The SMILES string of the molecule is CC(O)Cc1ccc2c(c1O)OCCO2. The van der Waals surface area contributed by atoms with E-state index in [4.69, 9.17) is 9.47 Å². The van der Waals surface area contributed by atoms with E-state index in [1.807, 2.05) is 0 Å². The first-order valence-corrected chi connectivity index (χ1v) is 4.97. The number of hydrogen-bond acceptors (Lipinski definition) is 4. The van der Waals surface area contributed by atoms with Crippen LogP contribution in [-0.2, 0) is 6.42 Å². The van der Waals surface area contributed by atoms with E-state index < -0.39 is 6.10 Å². The van der Waals surface area contributed by atoms with Gasteiger partial charge >= 0.3 is 0 Å². The summed E-state index contributed by atoms with van der Waals surface area (Å²) in [7, 11) is 0. The molecule has 0 saturated heterocycles. The lowest BCUT2D eigenvalue weighted by atomic mass is 10.1. The molecule has 2 N–H and O–H groups in total. The molecule has 2 rings (SSSR count). The molecule has 1 aromatic rings. The van der Waals surface area contributed by atoms with E-state index in [9.17, 15) is 10.2 Å². The van der Waals surface area contributed by atoms with Gasteiger partial charge in [-0.1, -0.05) is 6.07 Å². The van der Waals surface area contributed by atoms with Crippen molar-refractivity contribution in [1.82, 2.24) is 0 Å². The summed E-state index contributed by atoms with van der Waals surface area (Å²) in [4.78, 5) is 0. The van der Waals surface area contributed by atoms with Crippen molar-refractivity contribution in [3.63, 3.8) is 0 Å². The number of phenols is 1. The Morgan fingerprint density at radius 1 is 1.33 bits per heavy atom. The van der Waals surface area contributed by atoms with Crippen molar-refractivity contribution in [3.8, 4) is 17.2 Å². The maximum absolute atomic E-state index is 9.87. The monoisotopic (exact) mass is 210 g/mol. The van der Waals surface area contributed by atoms with Crippen molar-refractivity contribution in [2.75, 3.05) is 13.2 Å². The van der Waals surface area contributed by atoms with Crippen LogP contribution in [0.25, 0.3) is 0 Å². The molecule has 1 atom stereocenters. The van der Waals surface area contributed by atoms with Crippen LogP contribution in [0.5, 0.6) is 17.2 Å². The topological polar surface area (TPSA) is 58.9 Å². The first-order chi connectivity index (χ1) is 7.18. The van der Waals surface area contributed by atoms with Gasteiger partial charge in [-0.05, 0) is 13.0 Å². The van der Waals surface area contributed by atoms with Gasteiger partial charge in [0.2, 0.25) is 5.75 Å². The molecule has 0 aromatic heterocycles. The van der Waals surface area contributed by atoms with Gasteiger partial charge in [-0.25, -0.2) is 0 Å². The molecule has 0 saturated carbocycles. The molecule has 4 nitrogen and oxygen atoms in total. The van der Waals surface area contributed by atoms with E-state index in [1.165, 1.54) is 0 Å². The van der Waals surface area contributed by atoms with Gasteiger partial charge in [0.1, 0.15) is 13.2 Å². The molecule has 0 bridgehead atoms. The van der Waals surface area contributed by atoms with Crippen molar-refractivity contribution in [2.45, 2.75) is 19.4 Å². The fourth-order valence-electron chi connectivity index (χ4n) is 1.62. The summed E-state index contributed by atoms with van der Waals surface area (Å²) < 4.78 is 10.6. The van der Waals surface area contributed by atoms with Gasteiger partial charge in [-0.3, -0.25) is 0 Å². The summed E-state index contributed by atoms with van der Waals surface area (Å²) >= 11 is 0. The summed E-state index contributed by atoms with van der Waals surface area (Å²) in [6.07, 6.45) is -0.0823. The van der Waals surface area contributed by atoms with Gasteiger partial charge in [0.15, 0.2) is 11.5 Å². The molecule has 0 spiro atoms. The van der Waals surface area contributed by atoms with Crippen LogP contribution in [-0.4, -0.2) is 29.5 Å². The Kier molecular flexibility index (Phi) is 2.68. The predicted molar refractivity (Wildman–Crippen MR) is 54.5 cm³/mol. The fraction of sp³-hybridized carbons (Fsp3) is 0.455. The Morgan fingerprint density at radius 2 is 2.07 bits per heavy atom. The van der Waals surface area contributed by atoms with Crippen LogP contribution in [0, 0.1) is 0 Å². The first kappa shape index (κ1) is 10.1. The van der Waals surface area contributed by atoms with Gasteiger partial charge in [0.25, 0.3) is 0 Å². The predicted octanol–water partition coefficient (Wildman–Crippen LogP) is 1.09. The molecular formula is C11H14O4. The average molecular weight is 210 g/mol. The minimum absolute atomic E-state index is 0.0769. The lowest BCUT2D eigenvalue weighted by Crippen LogP contribution is -2.16. The smallest absolute Gasteiger partial charge is 0.203 e. The molecule has 0 fully saturated rings. The van der Waals surface area contributed by atoms with Gasteiger partial charge < -0.3 is 19.7 Å². The third kappa shape index (κ3) is 1.99. The molecule has 0 radical (unpaired) electrons.